The number of benzene rings is 1. The van der Waals surface area contributed by atoms with Gasteiger partial charge in [0.05, 0.1) is 17.6 Å². The van der Waals surface area contributed by atoms with Crippen molar-refractivity contribution >= 4 is 33.3 Å². The van der Waals surface area contributed by atoms with Crippen LogP contribution in [0.15, 0.2) is 47.1 Å². The molecule has 0 amide bonds. The molecule has 0 atom stereocenters. The summed E-state index contributed by atoms with van der Waals surface area (Å²) >= 11 is 3.43. The SMILES string of the molecule is O=C(O)C1(c2ccc(Nc3cccc(Br)c3)cn2)CCC1. The Morgan fingerprint density at radius 3 is 2.57 bits per heavy atom. The van der Waals surface area contributed by atoms with Crippen LogP contribution in [-0.2, 0) is 10.2 Å². The van der Waals surface area contributed by atoms with Crippen molar-refractivity contribution in [2.24, 2.45) is 0 Å². The van der Waals surface area contributed by atoms with Crippen LogP contribution in [0.4, 0.5) is 11.4 Å². The molecule has 2 aromatic rings. The minimum absolute atomic E-state index is 0.654. The zero-order chi connectivity index (χ0) is 14.9. The van der Waals surface area contributed by atoms with E-state index in [2.05, 4.69) is 26.2 Å². The second kappa shape index (κ2) is 5.48. The van der Waals surface area contributed by atoms with Crippen molar-refractivity contribution in [2.75, 3.05) is 5.32 Å². The third kappa shape index (κ3) is 2.65. The number of pyridine rings is 1. The number of carboxylic acid groups (broad SMARTS) is 1. The molecule has 0 unspecified atom stereocenters. The van der Waals surface area contributed by atoms with E-state index in [-0.39, 0.29) is 0 Å². The van der Waals surface area contributed by atoms with Gasteiger partial charge in [0.1, 0.15) is 5.41 Å². The van der Waals surface area contributed by atoms with Gasteiger partial charge in [-0.2, -0.15) is 0 Å². The maximum Gasteiger partial charge on any atom is 0.315 e. The Balaban J connectivity index is 1.80. The number of aliphatic carboxylic acids is 1. The largest absolute Gasteiger partial charge is 0.481 e. The second-order valence-corrected chi connectivity index (χ2v) is 6.22. The fourth-order valence-electron chi connectivity index (χ4n) is 2.59. The molecule has 0 saturated heterocycles. The molecule has 108 valence electrons. The van der Waals surface area contributed by atoms with Crippen molar-refractivity contribution in [1.29, 1.82) is 0 Å². The summed E-state index contributed by atoms with van der Waals surface area (Å²) in [4.78, 5) is 15.8. The summed E-state index contributed by atoms with van der Waals surface area (Å²) in [6.07, 6.45) is 3.99. The van der Waals surface area contributed by atoms with Crippen LogP contribution in [0.3, 0.4) is 0 Å². The molecule has 2 N–H and O–H groups in total. The lowest BCUT2D eigenvalue weighted by atomic mass is 9.66. The van der Waals surface area contributed by atoms with Gasteiger partial charge in [0, 0.05) is 10.2 Å². The van der Waals surface area contributed by atoms with Crippen molar-refractivity contribution in [3.05, 3.63) is 52.8 Å². The zero-order valence-corrected chi connectivity index (χ0v) is 12.9. The van der Waals surface area contributed by atoms with Gasteiger partial charge < -0.3 is 10.4 Å². The molecule has 21 heavy (non-hydrogen) atoms. The third-order valence-corrected chi connectivity index (χ3v) is 4.48. The van der Waals surface area contributed by atoms with Crippen molar-refractivity contribution in [3.8, 4) is 0 Å². The van der Waals surface area contributed by atoms with Crippen molar-refractivity contribution in [3.63, 3.8) is 0 Å². The van der Waals surface area contributed by atoms with Gasteiger partial charge in [-0.25, -0.2) is 0 Å². The zero-order valence-electron chi connectivity index (χ0n) is 11.3. The molecule has 1 fully saturated rings. The summed E-state index contributed by atoms with van der Waals surface area (Å²) in [5.74, 6) is -0.769. The van der Waals surface area contributed by atoms with Crippen LogP contribution < -0.4 is 5.32 Å². The van der Waals surface area contributed by atoms with Gasteiger partial charge in [0.15, 0.2) is 0 Å². The van der Waals surface area contributed by atoms with E-state index in [1.165, 1.54) is 0 Å². The predicted octanol–water partition coefficient (Wildman–Crippen LogP) is 4.09. The van der Waals surface area contributed by atoms with E-state index < -0.39 is 11.4 Å². The van der Waals surface area contributed by atoms with Crippen LogP contribution in [0.1, 0.15) is 25.0 Å². The van der Waals surface area contributed by atoms with Crippen molar-refractivity contribution in [1.82, 2.24) is 4.98 Å². The topological polar surface area (TPSA) is 62.2 Å². The molecule has 4 nitrogen and oxygen atoms in total. The summed E-state index contributed by atoms with van der Waals surface area (Å²) in [6, 6.07) is 11.5. The number of carbonyl (C=O) groups is 1. The van der Waals surface area contributed by atoms with E-state index in [1.807, 2.05) is 36.4 Å². The highest BCUT2D eigenvalue weighted by Gasteiger charge is 2.47. The van der Waals surface area contributed by atoms with Crippen LogP contribution in [-0.4, -0.2) is 16.1 Å². The molecule has 1 saturated carbocycles. The highest BCUT2D eigenvalue weighted by molar-refractivity contribution is 9.10. The first-order chi connectivity index (χ1) is 10.1. The Labute approximate surface area is 131 Å². The lowest BCUT2D eigenvalue weighted by molar-refractivity contribution is -0.147. The van der Waals surface area contributed by atoms with Crippen LogP contribution in [0, 0.1) is 0 Å². The Bertz CT molecular complexity index is 666. The third-order valence-electron chi connectivity index (χ3n) is 3.98. The molecular weight excluding hydrogens is 332 g/mol. The van der Waals surface area contributed by atoms with Gasteiger partial charge in [0.25, 0.3) is 0 Å². The molecule has 1 aromatic carbocycles. The summed E-state index contributed by atoms with van der Waals surface area (Å²) in [5, 5.41) is 12.7. The molecule has 0 aliphatic heterocycles. The number of nitrogens with zero attached hydrogens (tertiary/aromatic N) is 1. The highest BCUT2D eigenvalue weighted by atomic mass is 79.9. The maximum atomic E-state index is 11.5. The van der Waals surface area contributed by atoms with Crippen LogP contribution >= 0.6 is 15.9 Å². The molecule has 1 aliphatic carbocycles. The predicted molar refractivity (Wildman–Crippen MR) is 84.8 cm³/mol. The van der Waals surface area contributed by atoms with E-state index in [1.54, 1.807) is 6.20 Å². The van der Waals surface area contributed by atoms with Crippen molar-refractivity contribution < 1.29 is 9.90 Å². The number of halogens is 1. The summed E-state index contributed by atoms with van der Waals surface area (Å²) in [6.45, 7) is 0. The monoisotopic (exact) mass is 346 g/mol. The van der Waals surface area contributed by atoms with Gasteiger partial charge in [0.2, 0.25) is 0 Å². The first-order valence-corrected chi connectivity index (χ1v) is 7.62. The standard InChI is InChI=1S/C16H15BrN2O2/c17-11-3-1-4-12(9-11)19-13-5-6-14(18-10-13)16(15(20)21)7-2-8-16/h1,3-6,9-10,19H,2,7-8H2,(H,20,21). The minimum atomic E-state index is -0.770. The number of hydrogen-bond acceptors (Lipinski definition) is 3. The number of rotatable bonds is 4. The first kappa shape index (κ1) is 14.1. The fraction of sp³-hybridized carbons (Fsp3) is 0.250. The van der Waals surface area contributed by atoms with Gasteiger partial charge in [-0.3, -0.25) is 9.78 Å². The average molecular weight is 347 g/mol. The number of carboxylic acids is 1. The summed E-state index contributed by atoms with van der Waals surface area (Å²) in [7, 11) is 0. The van der Waals surface area contributed by atoms with E-state index in [9.17, 15) is 9.90 Å². The number of anilines is 2. The lowest BCUT2D eigenvalue weighted by Crippen LogP contribution is -2.43. The molecule has 1 heterocycles. The van der Waals surface area contributed by atoms with Gasteiger partial charge >= 0.3 is 5.97 Å². The van der Waals surface area contributed by atoms with Crippen molar-refractivity contribution in [2.45, 2.75) is 24.7 Å². The Morgan fingerprint density at radius 2 is 2.05 bits per heavy atom. The van der Waals surface area contributed by atoms with Gasteiger partial charge in [-0.1, -0.05) is 28.4 Å². The highest BCUT2D eigenvalue weighted by Crippen LogP contribution is 2.43. The molecule has 0 radical (unpaired) electrons. The maximum absolute atomic E-state index is 11.5. The molecule has 1 aromatic heterocycles. The normalized spacial score (nSPS) is 16.0. The fourth-order valence-corrected chi connectivity index (χ4v) is 2.99. The quantitative estimate of drug-likeness (QED) is 0.874. The van der Waals surface area contributed by atoms with Crippen LogP contribution in [0.5, 0.6) is 0 Å². The summed E-state index contributed by atoms with van der Waals surface area (Å²) in [5.41, 5.74) is 1.68. The Hall–Kier alpha value is -1.88. The van der Waals surface area contributed by atoms with E-state index in [0.29, 0.717) is 18.5 Å². The molecule has 3 rings (SSSR count). The van der Waals surface area contributed by atoms with Gasteiger partial charge in [-0.15, -0.1) is 0 Å². The number of aromatic nitrogens is 1. The van der Waals surface area contributed by atoms with E-state index >= 15 is 0 Å². The molecule has 0 bridgehead atoms. The van der Waals surface area contributed by atoms with Crippen LogP contribution in [0.2, 0.25) is 0 Å². The Kier molecular flexibility index (Phi) is 3.68. The molecule has 0 spiro atoms. The Morgan fingerprint density at radius 1 is 1.24 bits per heavy atom. The summed E-state index contributed by atoms with van der Waals surface area (Å²) < 4.78 is 0.997. The minimum Gasteiger partial charge on any atom is -0.481 e. The second-order valence-electron chi connectivity index (χ2n) is 5.31. The van der Waals surface area contributed by atoms with Crippen LogP contribution in [0.25, 0.3) is 0 Å². The smallest absolute Gasteiger partial charge is 0.315 e. The molecular formula is C16H15BrN2O2. The van der Waals surface area contributed by atoms with E-state index in [4.69, 9.17) is 0 Å². The molecule has 5 heteroatoms. The number of nitrogens with one attached hydrogen (secondary N) is 1. The lowest BCUT2D eigenvalue weighted by Gasteiger charge is -2.36. The van der Waals surface area contributed by atoms with E-state index in [0.717, 1.165) is 22.3 Å². The molecule has 1 aliphatic rings. The first-order valence-electron chi connectivity index (χ1n) is 6.83. The average Bonchev–Trinajstić information content (AvgIpc) is 2.39. The number of hydrogen-bond donors (Lipinski definition) is 2. The van der Waals surface area contributed by atoms with Gasteiger partial charge in [-0.05, 0) is 43.2 Å².